The lowest BCUT2D eigenvalue weighted by Crippen LogP contribution is -2.03. The Hall–Kier alpha value is -1.13. The Balaban J connectivity index is 2.25. The van der Waals surface area contributed by atoms with E-state index in [0.717, 1.165) is 15.6 Å². The van der Waals surface area contributed by atoms with Gasteiger partial charge in [0.05, 0.1) is 12.2 Å². The Labute approximate surface area is 112 Å². The summed E-state index contributed by atoms with van der Waals surface area (Å²) >= 11 is 5.14. The number of benzene rings is 1. The molecule has 2 nitrogen and oxygen atoms in total. The fraction of sp³-hybridized carbons (Fsp3) is 0.154. The highest BCUT2D eigenvalue weighted by atomic mass is 79.9. The standard InChI is InChI=1S/C13H11BrO2S/c1-2-16-13(15)10-5-3-9(4-6-10)11-7-17-8-12(11)14/h3-8H,2H2,1H3. The summed E-state index contributed by atoms with van der Waals surface area (Å²) in [7, 11) is 0. The molecule has 0 radical (unpaired) electrons. The van der Waals surface area contributed by atoms with Crippen LogP contribution >= 0.6 is 27.3 Å². The molecule has 0 atom stereocenters. The molecular weight excluding hydrogens is 300 g/mol. The number of halogens is 1. The van der Waals surface area contributed by atoms with E-state index in [4.69, 9.17) is 4.74 Å². The molecule has 4 heteroatoms. The van der Waals surface area contributed by atoms with Gasteiger partial charge in [-0.05, 0) is 45.9 Å². The highest BCUT2D eigenvalue weighted by Gasteiger charge is 2.08. The first-order chi connectivity index (χ1) is 8.22. The molecular formula is C13H11BrO2S. The molecule has 0 amide bonds. The summed E-state index contributed by atoms with van der Waals surface area (Å²) in [5.74, 6) is -0.275. The molecule has 2 aromatic rings. The SMILES string of the molecule is CCOC(=O)c1ccc(-c2cscc2Br)cc1. The first kappa shape index (κ1) is 12.3. The van der Waals surface area contributed by atoms with Gasteiger partial charge >= 0.3 is 5.97 Å². The smallest absolute Gasteiger partial charge is 0.338 e. The van der Waals surface area contributed by atoms with Crippen molar-refractivity contribution in [1.29, 1.82) is 0 Å². The van der Waals surface area contributed by atoms with Crippen LogP contribution in [0.1, 0.15) is 17.3 Å². The maximum absolute atomic E-state index is 11.5. The number of esters is 1. The van der Waals surface area contributed by atoms with Crippen molar-refractivity contribution in [3.8, 4) is 11.1 Å². The van der Waals surface area contributed by atoms with E-state index in [9.17, 15) is 4.79 Å². The third-order valence-corrected chi connectivity index (χ3v) is 4.02. The van der Waals surface area contributed by atoms with Gasteiger partial charge in [-0.15, -0.1) is 0 Å². The average Bonchev–Trinajstić information content (AvgIpc) is 2.76. The van der Waals surface area contributed by atoms with Crippen molar-refractivity contribution in [2.45, 2.75) is 6.92 Å². The van der Waals surface area contributed by atoms with Gasteiger partial charge < -0.3 is 4.74 Å². The van der Waals surface area contributed by atoms with Crippen LogP contribution in [0.15, 0.2) is 39.5 Å². The summed E-state index contributed by atoms with van der Waals surface area (Å²) in [5.41, 5.74) is 2.82. The van der Waals surface area contributed by atoms with Crippen molar-refractivity contribution in [2.75, 3.05) is 6.61 Å². The summed E-state index contributed by atoms with van der Waals surface area (Å²) < 4.78 is 6.01. The van der Waals surface area contributed by atoms with Gasteiger partial charge in [-0.2, -0.15) is 11.3 Å². The quantitative estimate of drug-likeness (QED) is 0.788. The van der Waals surface area contributed by atoms with Gasteiger partial charge in [0.1, 0.15) is 0 Å². The van der Waals surface area contributed by atoms with Crippen LogP contribution in [0.4, 0.5) is 0 Å². The monoisotopic (exact) mass is 310 g/mol. The van der Waals surface area contributed by atoms with Crippen LogP contribution < -0.4 is 0 Å². The average molecular weight is 311 g/mol. The van der Waals surface area contributed by atoms with Gasteiger partial charge in [0.25, 0.3) is 0 Å². The van der Waals surface area contributed by atoms with Gasteiger partial charge in [0.2, 0.25) is 0 Å². The van der Waals surface area contributed by atoms with Crippen LogP contribution in [0, 0.1) is 0 Å². The summed E-state index contributed by atoms with van der Waals surface area (Å²) in [6, 6.07) is 7.44. The topological polar surface area (TPSA) is 26.3 Å². The van der Waals surface area contributed by atoms with E-state index in [-0.39, 0.29) is 5.97 Å². The molecule has 0 N–H and O–H groups in total. The summed E-state index contributed by atoms with van der Waals surface area (Å²) in [4.78, 5) is 11.5. The Morgan fingerprint density at radius 3 is 2.53 bits per heavy atom. The number of carbonyl (C=O) groups is 1. The van der Waals surface area contributed by atoms with E-state index in [1.54, 1.807) is 30.4 Å². The van der Waals surface area contributed by atoms with Crippen molar-refractivity contribution >= 4 is 33.2 Å². The summed E-state index contributed by atoms with van der Waals surface area (Å²) in [5, 5.41) is 4.11. The van der Waals surface area contributed by atoms with Crippen LogP contribution in [-0.2, 0) is 4.74 Å². The second-order valence-electron chi connectivity index (χ2n) is 3.43. The van der Waals surface area contributed by atoms with Gasteiger partial charge in [0.15, 0.2) is 0 Å². The molecule has 0 fully saturated rings. The van der Waals surface area contributed by atoms with E-state index < -0.39 is 0 Å². The zero-order valence-electron chi connectivity index (χ0n) is 9.27. The molecule has 2 rings (SSSR count). The Kier molecular flexibility index (Phi) is 3.97. The fourth-order valence-electron chi connectivity index (χ4n) is 1.49. The highest BCUT2D eigenvalue weighted by Crippen LogP contribution is 2.31. The Morgan fingerprint density at radius 1 is 1.29 bits per heavy atom. The molecule has 1 aromatic heterocycles. The zero-order chi connectivity index (χ0) is 12.3. The number of thiophene rings is 1. The van der Waals surface area contributed by atoms with Crippen LogP contribution in [-0.4, -0.2) is 12.6 Å². The first-order valence-electron chi connectivity index (χ1n) is 5.21. The van der Waals surface area contributed by atoms with Crippen molar-refractivity contribution in [3.63, 3.8) is 0 Å². The number of carbonyl (C=O) groups excluding carboxylic acids is 1. The predicted molar refractivity (Wildman–Crippen MR) is 73.4 cm³/mol. The lowest BCUT2D eigenvalue weighted by Gasteiger charge is -2.03. The minimum absolute atomic E-state index is 0.275. The van der Waals surface area contributed by atoms with Crippen LogP contribution in [0.5, 0.6) is 0 Å². The van der Waals surface area contributed by atoms with Crippen molar-refractivity contribution in [1.82, 2.24) is 0 Å². The number of rotatable bonds is 3. The molecule has 17 heavy (non-hydrogen) atoms. The van der Waals surface area contributed by atoms with E-state index in [0.29, 0.717) is 12.2 Å². The molecule has 1 aromatic carbocycles. The second kappa shape index (κ2) is 5.47. The lowest BCUT2D eigenvalue weighted by atomic mass is 10.1. The molecule has 0 aliphatic carbocycles. The molecule has 0 aliphatic rings. The van der Waals surface area contributed by atoms with Crippen molar-refractivity contribution < 1.29 is 9.53 Å². The van der Waals surface area contributed by atoms with Crippen LogP contribution in [0.2, 0.25) is 0 Å². The Morgan fingerprint density at radius 2 is 2.00 bits per heavy atom. The number of ether oxygens (including phenoxy) is 1. The summed E-state index contributed by atoms with van der Waals surface area (Å²) in [6.45, 7) is 2.20. The predicted octanol–water partition coefficient (Wildman–Crippen LogP) is 4.35. The minimum Gasteiger partial charge on any atom is -0.462 e. The zero-order valence-corrected chi connectivity index (χ0v) is 11.7. The second-order valence-corrected chi connectivity index (χ2v) is 5.03. The normalized spacial score (nSPS) is 10.2. The molecule has 0 aliphatic heterocycles. The van der Waals surface area contributed by atoms with Crippen molar-refractivity contribution in [2.24, 2.45) is 0 Å². The lowest BCUT2D eigenvalue weighted by molar-refractivity contribution is 0.0526. The van der Waals surface area contributed by atoms with Crippen molar-refractivity contribution in [3.05, 3.63) is 45.1 Å². The Bertz CT molecular complexity index is 516. The molecule has 0 saturated heterocycles. The number of hydrogen-bond donors (Lipinski definition) is 0. The van der Waals surface area contributed by atoms with Gasteiger partial charge in [-0.1, -0.05) is 12.1 Å². The van der Waals surface area contributed by atoms with Gasteiger partial charge in [-0.25, -0.2) is 4.79 Å². The van der Waals surface area contributed by atoms with E-state index >= 15 is 0 Å². The molecule has 0 unspecified atom stereocenters. The fourth-order valence-corrected chi connectivity index (χ4v) is 3.02. The molecule has 0 saturated carbocycles. The largest absolute Gasteiger partial charge is 0.462 e. The number of hydrogen-bond acceptors (Lipinski definition) is 3. The maximum atomic E-state index is 11.5. The maximum Gasteiger partial charge on any atom is 0.338 e. The van der Waals surface area contributed by atoms with Crippen LogP contribution in [0.25, 0.3) is 11.1 Å². The van der Waals surface area contributed by atoms with E-state index in [1.165, 1.54) is 0 Å². The molecule has 1 heterocycles. The molecule has 88 valence electrons. The minimum atomic E-state index is -0.275. The van der Waals surface area contributed by atoms with Gasteiger partial charge in [0, 0.05) is 15.4 Å². The van der Waals surface area contributed by atoms with Gasteiger partial charge in [-0.3, -0.25) is 0 Å². The van der Waals surface area contributed by atoms with E-state index in [1.807, 2.05) is 17.5 Å². The third kappa shape index (κ3) is 2.76. The van der Waals surface area contributed by atoms with Crippen LogP contribution in [0.3, 0.4) is 0 Å². The molecule has 0 spiro atoms. The third-order valence-electron chi connectivity index (χ3n) is 2.32. The summed E-state index contributed by atoms with van der Waals surface area (Å²) in [6.07, 6.45) is 0. The molecule has 0 bridgehead atoms. The first-order valence-corrected chi connectivity index (χ1v) is 6.95. The van der Waals surface area contributed by atoms with E-state index in [2.05, 4.69) is 21.3 Å². The highest BCUT2D eigenvalue weighted by molar-refractivity contribution is 9.10.